The van der Waals surface area contributed by atoms with Crippen molar-refractivity contribution in [3.63, 3.8) is 0 Å². The Bertz CT molecular complexity index is 604. The molecule has 21 heavy (non-hydrogen) atoms. The van der Waals surface area contributed by atoms with Crippen LogP contribution >= 0.6 is 15.9 Å². The molecule has 112 valence electrons. The molecule has 1 unspecified atom stereocenters. The molecule has 1 aromatic heterocycles. The van der Waals surface area contributed by atoms with Gasteiger partial charge in [0.15, 0.2) is 0 Å². The second kappa shape index (κ2) is 7.52. The predicted molar refractivity (Wildman–Crippen MR) is 87.6 cm³/mol. The zero-order valence-electron chi connectivity index (χ0n) is 12.6. The Kier molecular flexibility index (Phi) is 5.70. The quantitative estimate of drug-likeness (QED) is 0.864. The maximum atomic E-state index is 5.36. The molecule has 0 amide bonds. The van der Waals surface area contributed by atoms with E-state index in [0.717, 1.165) is 28.7 Å². The van der Waals surface area contributed by atoms with E-state index in [0.29, 0.717) is 5.88 Å². The van der Waals surface area contributed by atoms with Crippen molar-refractivity contribution in [2.75, 3.05) is 13.7 Å². The van der Waals surface area contributed by atoms with E-state index in [-0.39, 0.29) is 6.04 Å². The van der Waals surface area contributed by atoms with Crippen molar-refractivity contribution >= 4 is 15.9 Å². The summed E-state index contributed by atoms with van der Waals surface area (Å²) >= 11 is 3.60. The summed E-state index contributed by atoms with van der Waals surface area (Å²) in [4.78, 5) is 8.72. The Hall–Kier alpha value is -1.46. The Morgan fingerprint density at radius 2 is 2.05 bits per heavy atom. The topological polar surface area (TPSA) is 47.0 Å². The number of rotatable bonds is 6. The number of halogens is 1. The van der Waals surface area contributed by atoms with Gasteiger partial charge >= 0.3 is 0 Å². The standard InChI is InChI=1S/C16H20BrN3O/c1-4-7-18-14(12-6-5-11(2)13(17)10-12)15-16(21-3)20-9-8-19-15/h5-6,8-10,14,18H,4,7H2,1-3H3. The lowest BCUT2D eigenvalue weighted by Gasteiger charge is -2.20. The van der Waals surface area contributed by atoms with Crippen molar-refractivity contribution in [3.8, 4) is 5.88 Å². The summed E-state index contributed by atoms with van der Waals surface area (Å²) in [5.74, 6) is 0.558. The van der Waals surface area contributed by atoms with Crippen LogP contribution in [0, 0.1) is 6.92 Å². The first-order valence-electron chi connectivity index (χ1n) is 7.01. The molecule has 0 radical (unpaired) electrons. The minimum absolute atomic E-state index is 0.0366. The minimum atomic E-state index is -0.0366. The summed E-state index contributed by atoms with van der Waals surface area (Å²) in [5.41, 5.74) is 3.16. The number of nitrogens with zero attached hydrogens (tertiary/aromatic N) is 2. The number of hydrogen-bond acceptors (Lipinski definition) is 4. The Morgan fingerprint density at radius 1 is 1.29 bits per heavy atom. The van der Waals surface area contributed by atoms with E-state index < -0.39 is 0 Å². The second-order valence-corrected chi connectivity index (χ2v) is 5.70. The van der Waals surface area contributed by atoms with Gasteiger partial charge in [-0.2, -0.15) is 0 Å². The number of ether oxygens (including phenoxy) is 1. The van der Waals surface area contributed by atoms with Crippen molar-refractivity contribution < 1.29 is 4.74 Å². The molecule has 1 heterocycles. The van der Waals surface area contributed by atoms with Crippen LogP contribution in [-0.4, -0.2) is 23.6 Å². The number of nitrogens with one attached hydrogen (secondary N) is 1. The third-order valence-electron chi connectivity index (χ3n) is 3.29. The fourth-order valence-corrected chi connectivity index (χ4v) is 2.54. The van der Waals surface area contributed by atoms with Gasteiger partial charge in [-0.15, -0.1) is 0 Å². The fourth-order valence-electron chi connectivity index (χ4n) is 2.14. The summed E-state index contributed by atoms with van der Waals surface area (Å²) in [6.45, 7) is 5.12. The van der Waals surface area contributed by atoms with Crippen molar-refractivity contribution in [2.45, 2.75) is 26.3 Å². The maximum Gasteiger partial charge on any atom is 0.237 e. The van der Waals surface area contributed by atoms with Crippen molar-refractivity contribution in [1.29, 1.82) is 0 Å². The molecule has 0 fully saturated rings. The second-order valence-electron chi connectivity index (χ2n) is 4.85. The molecule has 1 aromatic carbocycles. The highest BCUT2D eigenvalue weighted by atomic mass is 79.9. The van der Waals surface area contributed by atoms with E-state index in [1.54, 1.807) is 19.5 Å². The molecule has 0 bridgehead atoms. The molecule has 1 N–H and O–H groups in total. The molecule has 0 aliphatic heterocycles. The van der Waals surface area contributed by atoms with E-state index in [9.17, 15) is 0 Å². The molecule has 0 spiro atoms. The van der Waals surface area contributed by atoms with Crippen LogP contribution in [0.5, 0.6) is 5.88 Å². The first-order chi connectivity index (χ1) is 10.2. The summed E-state index contributed by atoms with van der Waals surface area (Å²) < 4.78 is 6.45. The van der Waals surface area contributed by atoms with Crippen LogP contribution < -0.4 is 10.1 Å². The highest BCUT2D eigenvalue weighted by Gasteiger charge is 2.20. The molecular formula is C16H20BrN3O. The van der Waals surface area contributed by atoms with E-state index in [1.807, 2.05) is 0 Å². The largest absolute Gasteiger partial charge is 0.480 e. The van der Waals surface area contributed by atoms with Crippen LogP contribution in [0.4, 0.5) is 0 Å². The van der Waals surface area contributed by atoms with E-state index in [2.05, 4.69) is 63.3 Å². The monoisotopic (exact) mass is 349 g/mol. The minimum Gasteiger partial charge on any atom is -0.480 e. The van der Waals surface area contributed by atoms with Crippen LogP contribution in [0.3, 0.4) is 0 Å². The number of benzene rings is 1. The van der Waals surface area contributed by atoms with E-state index >= 15 is 0 Å². The summed E-state index contributed by atoms with van der Waals surface area (Å²) in [7, 11) is 1.62. The molecule has 1 atom stereocenters. The lowest BCUT2D eigenvalue weighted by atomic mass is 10.0. The first-order valence-corrected chi connectivity index (χ1v) is 7.81. The molecule has 0 saturated carbocycles. The van der Waals surface area contributed by atoms with Gasteiger partial charge in [0.2, 0.25) is 5.88 Å². The van der Waals surface area contributed by atoms with Gasteiger partial charge in [0.25, 0.3) is 0 Å². The third kappa shape index (κ3) is 3.80. The van der Waals surface area contributed by atoms with Crippen molar-refractivity contribution in [3.05, 3.63) is 51.9 Å². The van der Waals surface area contributed by atoms with Crippen LogP contribution in [0.1, 0.15) is 36.2 Å². The molecule has 2 aromatic rings. The molecule has 4 nitrogen and oxygen atoms in total. The van der Waals surface area contributed by atoms with Gasteiger partial charge in [-0.25, -0.2) is 4.98 Å². The zero-order valence-corrected chi connectivity index (χ0v) is 14.1. The van der Waals surface area contributed by atoms with Crippen LogP contribution in [0.25, 0.3) is 0 Å². The predicted octanol–water partition coefficient (Wildman–Crippen LogP) is 3.65. The highest BCUT2D eigenvalue weighted by Crippen LogP contribution is 2.29. The molecule has 0 saturated heterocycles. The van der Waals surface area contributed by atoms with Crippen LogP contribution in [0.2, 0.25) is 0 Å². The van der Waals surface area contributed by atoms with Crippen LogP contribution in [0.15, 0.2) is 35.1 Å². The van der Waals surface area contributed by atoms with Crippen molar-refractivity contribution in [1.82, 2.24) is 15.3 Å². The maximum absolute atomic E-state index is 5.36. The number of aryl methyl sites for hydroxylation is 1. The summed E-state index contributed by atoms with van der Waals surface area (Å²) in [6.07, 6.45) is 4.39. The SMILES string of the molecule is CCCNC(c1ccc(C)c(Br)c1)c1nccnc1OC. The van der Waals surface area contributed by atoms with Gasteiger partial charge in [-0.05, 0) is 37.1 Å². The third-order valence-corrected chi connectivity index (χ3v) is 4.14. The van der Waals surface area contributed by atoms with Gasteiger partial charge in [-0.1, -0.05) is 35.0 Å². The van der Waals surface area contributed by atoms with Crippen LogP contribution in [-0.2, 0) is 0 Å². The first kappa shape index (κ1) is 15.9. The summed E-state index contributed by atoms with van der Waals surface area (Å²) in [6, 6.07) is 6.30. The molecular weight excluding hydrogens is 330 g/mol. The van der Waals surface area contributed by atoms with E-state index in [1.165, 1.54) is 5.56 Å². The average molecular weight is 350 g/mol. The molecule has 0 aliphatic rings. The smallest absolute Gasteiger partial charge is 0.237 e. The zero-order chi connectivity index (χ0) is 15.2. The number of methoxy groups -OCH3 is 1. The average Bonchev–Trinajstić information content (AvgIpc) is 2.51. The van der Waals surface area contributed by atoms with Gasteiger partial charge in [0.05, 0.1) is 13.2 Å². The molecule has 2 rings (SSSR count). The van der Waals surface area contributed by atoms with Gasteiger partial charge in [0.1, 0.15) is 5.69 Å². The molecule has 5 heteroatoms. The normalized spacial score (nSPS) is 12.2. The van der Waals surface area contributed by atoms with Gasteiger partial charge in [0, 0.05) is 16.9 Å². The Labute approximate surface area is 134 Å². The lowest BCUT2D eigenvalue weighted by molar-refractivity contribution is 0.382. The van der Waals surface area contributed by atoms with Crippen molar-refractivity contribution in [2.24, 2.45) is 0 Å². The van der Waals surface area contributed by atoms with Gasteiger partial charge < -0.3 is 10.1 Å². The van der Waals surface area contributed by atoms with E-state index in [4.69, 9.17) is 4.74 Å². The fraction of sp³-hybridized carbons (Fsp3) is 0.375. The highest BCUT2D eigenvalue weighted by molar-refractivity contribution is 9.10. The molecule has 0 aliphatic carbocycles. The Balaban J connectivity index is 2.44. The number of aromatic nitrogens is 2. The van der Waals surface area contributed by atoms with Gasteiger partial charge in [-0.3, -0.25) is 4.98 Å². The number of hydrogen-bond donors (Lipinski definition) is 1. The Morgan fingerprint density at radius 3 is 2.71 bits per heavy atom. The lowest BCUT2D eigenvalue weighted by Crippen LogP contribution is -2.25. The summed E-state index contributed by atoms with van der Waals surface area (Å²) in [5, 5.41) is 3.52.